The van der Waals surface area contributed by atoms with E-state index in [1.807, 2.05) is 11.8 Å². The Kier molecular flexibility index (Phi) is 5.26. The third kappa shape index (κ3) is 3.14. The van der Waals surface area contributed by atoms with Crippen LogP contribution in [0.1, 0.15) is 19.8 Å². The molecule has 1 aliphatic heterocycles. The Balaban J connectivity index is 2.43. The number of nitrogens with zero attached hydrogens (tertiary/aromatic N) is 1. The fourth-order valence-electron chi connectivity index (χ4n) is 1.73. The van der Waals surface area contributed by atoms with Crippen molar-refractivity contribution in [1.82, 2.24) is 4.90 Å². The molecule has 3 nitrogen and oxygen atoms in total. The van der Waals surface area contributed by atoms with E-state index in [1.165, 1.54) is 0 Å². The van der Waals surface area contributed by atoms with E-state index in [1.54, 1.807) is 0 Å². The molecule has 1 saturated heterocycles. The summed E-state index contributed by atoms with van der Waals surface area (Å²) < 4.78 is 5.23. The van der Waals surface area contributed by atoms with E-state index in [0.29, 0.717) is 12.4 Å². The van der Waals surface area contributed by atoms with Crippen LogP contribution in [-0.4, -0.2) is 43.0 Å². The highest BCUT2D eigenvalue weighted by atomic mass is 35.5. The summed E-state index contributed by atoms with van der Waals surface area (Å²) in [5.74, 6) is 0.923. The molecule has 14 heavy (non-hydrogen) atoms. The van der Waals surface area contributed by atoms with Crippen molar-refractivity contribution < 1.29 is 9.53 Å². The largest absolute Gasteiger partial charge is 0.381 e. The van der Waals surface area contributed by atoms with E-state index < -0.39 is 0 Å². The monoisotopic (exact) mass is 219 g/mol. The topological polar surface area (TPSA) is 29.5 Å². The molecule has 0 bridgehead atoms. The molecule has 0 spiro atoms. The van der Waals surface area contributed by atoms with Gasteiger partial charge in [-0.3, -0.25) is 4.79 Å². The molecule has 0 unspecified atom stereocenters. The van der Waals surface area contributed by atoms with Crippen LogP contribution >= 0.6 is 11.6 Å². The zero-order valence-corrected chi connectivity index (χ0v) is 9.42. The third-order valence-electron chi connectivity index (χ3n) is 2.62. The van der Waals surface area contributed by atoms with Crippen LogP contribution in [0.25, 0.3) is 0 Å². The molecule has 1 amide bonds. The van der Waals surface area contributed by atoms with Gasteiger partial charge >= 0.3 is 0 Å². The summed E-state index contributed by atoms with van der Waals surface area (Å²) in [4.78, 5) is 13.8. The van der Waals surface area contributed by atoms with Crippen LogP contribution < -0.4 is 0 Å². The standard InChI is InChI=1S/C10H18ClNO2/c1-2-12(6-5-11)10(13)9-3-7-14-8-4-9/h9H,2-8H2,1H3. The summed E-state index contributed by atoms with van der Waals surface area (Å²) in [6, 6.07) is 0. The summed E-state index contributed by atoms with van der Waals surface area (Å²) in [7, 11) is 0. The van der Waals surface area contributed by atoms with Crippen LogP contribution in [0.4, 0.5) is 0 Å². The lowest BCUT2D eigenvalue weighted by molar-refractivity contribution is -0.138. The van der Waals surface area contributed by atoms with Gasteiger partial charge in [-0.25, -0.2) is 0 Å². The van der Waals surface area contributed by atoms with E-state index in [4.69, 9.17) is 16.3 Å². The lowest BCUT2D eigenvalue weighted by atomic mass is 9.99. The van der Waals surface area contributed by atoms with Gasteiger partial charge in [0.2, 0.25) is 5.91 Å². The molecule has 1 rings (SSSR count). The van der Waals surface area contributed by atoms with Crippen LogP contribution in [0.5, 0.6) is 0 Å². The zero-order chi connectivity index (χ0) is 10.4. The van der Waals surface area contributed by atoms with Crippen molar-refractivity contribution in [3.8, 4) is 0 Å². The molecular weight excluding hydrogens is 202 g/mol. The van der Waals surface area contributed by atoms with Gasteiger partial charge in [-0.2, -0.15) is 0 Å². The summed E-state index contributed by atoms with van der Waals surface area (Å²) >= 11 is 5.64. The second-order valence-electron chi connectivity index (χ2n) is 3.49. The first-order chi connectivity index (χ1) is 6.79. The molecule has 1 fully saturated rings. The Morgan fingerprint density at radius 3 is 2.64 bits per heavy atom. The molecule has 0 saturated carbocycles. The van der Waals surface area contributed by atoms with Crippen molar-refractivity contribution in [3.05, 3.63) is 0 Å². The van der Waals surface area contributed by atoms with Gasteiger partial charge in [-0.05, 0) is 19.8 Å². The number of hydrogen-bond donors (Lipinski definition) is 0. The van der Waals surface area contributed by atoms with E-state index in [0.717, 1.165) is 32.6 Å². The molecule has 0 aromatic heterocycles. The first-order valence-corrected chi connectivity index (χ1v) is 5.75. The number of alkyl halides is 1. The molecule has 0 aromatic carbocycles. The number of ether oxygens (including phenoxy) is 1. The highest BCUT2D eigenvalue weighted by Crippen LogP contribution is 2.17. The molecule has 0 aromatic rings. The summed E-state index contributed by atoms with van der Waals surface area (Å²) in [6.07, 6.45) is 1.72. The Labute approximate surface area is 90.4 Å². The number of rotatable bonds is 4. The first-order valence-electron chi connectivity index (χ1n) is 5.22. The fraction of sp³-hybridized carbons (Fsp3) is 0.900. The normalized spacial score (nSPS) is 18.1. The van der Waals surface area contributed by atoms with Crippen LogP contribution in [0.2, 0.25) is 0 Å². The highest BCUT2D eigenvalue weighted by molar-refractivity contribution is 6.18. The molecule has 0 N–H and O–H groups in total. The third-order valence-corrected chi connectivity index (χ3v) is 2.79. The SMILES string of the molecule is CCN(CCCl)C(=O)C1CCOCC1. The average molecular weight is 220 g/mol. The fourth-order valence-corrected chi connectivity index (χ4v) is 1.93. The van der Waals surface area contributed by atoms with E-state index in [-0.39, 0.29) is 11.8 Å². The zero-order valence-electron chi connectivity index (χ0n) is 8.67. The van der Waals surface area contributed by atoms with Gasteiger partial charge in [0.25, 0.3) is 0 Å². The van der Waals surface area contributed by atoms with Crippen LogP contribution in [0, 0.1) is 5.92 Å². The highest BCUT2D eigenvalue weighted by Gasteiger charge is 2.24. The first kappa shape index (κ1) is 11.8. The van der Waals surface area contributed by atoms with E-state index >= 15 is 0 Å². The van der Waals surface area contributed by atoms with Gasteiger partial charge in [-0.1, -0.05) is 0 Å². The molecule has 4 heteroatoms. The summed E-state index contributed by atoms with van der Waals surface area (Å²) in [5, 5.41) is 0. The van der Waals surface area contributed by atoms with E-state index in [2.05, 4.69) is 0 Å². The molecule has 82 valence electrons. The minimum atomic E-state index is 0.159. The van der Waals surface area contributed by atoms with Gasteiger partial charge in [-0.15, -0.1) is 11.6 Å². The number of halogens is 1. The van der Waals surface area contributed by atoms with Crippen molar-refractivity contribution in [1.29, 1.82) is 0 Å². The second-order valence-corrected chi connectivity index (χ2v) is 3.87. The Morgan fingerprint density at radius 1 is 1.50 bits per heavy atom. The molecule has 1 aliphatic rings. The van der Waals surface area contributed by atoms with Crippen molar-refractivity contribution in [3.63, 3.8) is 0 Å². The quantitative estimate of drug-likeness (QED) is 0.671. The predicted molar refractivity (Wildman–Crippen MR) is 56.5 cm³/mol. The molecular formula is C10H18ClNO2. The van der Waals surface area contributed by atoms with Crippen molar-refractivity contribution in [2.45, 2.75) is 19.8 Å². The Morgan fingerprint density at radius 2 is 2.14 bits per heavy atom. The maximum Gasteiger partial charge on any atom is 0.225 e. The Hall–Kier alpha value is -0.280. The maximum absolute atomic E-state index is 11.9. The minimum absolute atomic E-state index is 0.159. The molecule has 0 radical (unpaired) electrons. The lowest BCUT2D eigenvalue weighted by Crippen LogP contribution is -2.39. The molecule has 1 heterocycles. The van der Waals surface area contributed by atoms with Gasteiger partial charge in [0.05, 0.1) is 0 Å². The maximum atomic E-state index is 11.9. The number of amides is 1. The number of hydrogen-bond acceptors (Lipinski definition) is 2. The van der Waals surface area contributed by atoms with Crippen LogP contribution in [0.3, 0.4) is 0 Å². The lowest BCUT2D eigenvalue weighted by Gasteiger charge is -2.27. The van der Waals surface area contributed by atoms with Crippen LogP contribution in [-0.2, 0) is 9.53 Å². The summed E-state index contributed by atoms with van der Waals surface area (Å²) in [5.41, 5.74) is 0. The molecule has 0 atom stereocenters. The van der Waals surface area contributed by atoms with Gasteiger partial charge < -0.3 is 9.64 Å². The van der Waals surface area contributed by atoms with E-state index in [9.17, 15) is 4.79 Å². The average Bonchev–Trinajstić information content (AvgIpc) is 2.26. The van der Waals surface area contributed by atoms with Gasteiger partial charge in [0, 0.05) is 38.1 Å². The van der Waals surface area contributed by atoms with Gasteiger partial charge in [0.15, 0.2) is 0 Å². The smallest absolute Gasteiger partial charge is 0.225 e. The Bertz CT molecular complexity index is 174. The van der Waals surface area contributed by atoms with Crippen molar-refractivity contribution in [2.24, 2.45) is 5.92 Å². The summed E-state index contributed by atoms with van der Waals surface area (Å²) in [6.45, 7) is 4.84. The predicted octanol–water partition coefficient (Wildman–Crippen LogP) is 1.50. The molecule has 0 aliphatic carbocycles. The minimum Gasteiger partial charge on any atom is -0.381 e. The number of carbonyl (C=O) groups is 1. The van der Waals surface area contributed by atoms with Crippen molar-refractivity contribution >= 4 is 17.5 Å². The second kappa shape index (κ2) is 6.25. The van der Waals surface area contributed by atoms with Gasteiger partial charge in [0.1, 0.15) is 0 Å². The van der Waals surface area contributed by atoms with Crippen molar-refractivity contribution in [2.75, 3.05) is 32.2 Å². The van der Waals surface area contributed by atoms with Crippen LogP contribution in [0.15, 0.2) is 0 Å². The number of carbonyl (C=O) groups excluding carboxylic acids is 1.